The molecule has 7 heteroatoms. The van der Waals surface area contributed by atoms with E-state index in [4.69, 9.17) is 16.3 Å². The second-order valence-corrected chi connectivity index (χ2v) is 4.89. The van der Waals surface area contributed by atoms with Crippen molar-refractivity contribution in [2.45, 2.75) is 19.4 Å². The number of ether oxygens (including phenoxy) is 1. The summed E-state index contributed by atoms with van der Waals surface area (Å²) in [5.41, 5.74) is -0.741. The monoisotopic (exact) mass is 276 g/mol. The molecule has 5 nitrogen and oxygen atoms in total. The van der Waals surface area contributed by atoms with Crippen LogP contribution < -0.4 is 5.32 Å². The Labute approximate surface area is 109 Å². The van der Waals surface area contributed by atoms with Gasteiger partial charge >= 0.3 is 0 Å². The van der Waals surface area contributed by atoms with E-state index in [1.165, 1.54) is 13.2 Å². The van der Waals surface area contributed by atoms with Crippen molar-refractivity contribution in [1.29, 1.82) is 0 Å². The minimum atomic E-state index is -0.821. The van der Waals surface area contributed by atoms with Gasteiger partial charge in [-0.1, -0.05) is 11.6 Å². The SMILES string of the molecule is COCC(C)(C)Nc1cc(Cl)c(F)cc1[N+](=O)[O-]. The molecule has 0 aliphatic carbocycles. The van der Waals surface area contributed by atoms with Crippen LogP contribution >= 0.6 is 11.6 Å². The van der Waals surface area contributed by atoms with Crippen LogP contribution in [0.1, 0.15) is 13.8 Å². The van der Waals surface area contributed by atoms with Crippen molar-refractivity contribution in [3.05, 3.63) is 33.1 Å². The lowest BCUT2D eigenvalue weighted by atomic mass is 10.1. The van der Waals surface area contributed by atoms with Gasteiger partial charge in [-0.15, -0.1) is 0 Å². The number of benzene rings is 1. The lowest BCUT2D eigenvalue weighted by Crippen LogP contribution is -2.36. The molecule has 100 valence electrons. The molecule has 0 heterocycles. The highest BCUT2D eigenvalue weighted by Gasteiger charge is 2.24. The van der Waals surface area contributed by atoms with E-state index in [-0.39, 0.29) is 16.4 Å². The largest absolute Gasteiger partial charge is 0.382 e. The number of nitrogens with one attached hydrogen (secondary N) is 1. The Morgan fingerprint density at radius 2 is 2.17 bits per heavy atom. The summed E-state index contributed by atoms with van der Waals surface area (Å²) in [5.74, 6) is -0.821. The minimum Gasteiger partial charge on any atom is -0.382 e. The lowest BCUT2D eigenvalue weighted by Gasteiger charge is -2.26. The normalized spacial score (nSPS) is 11.4. The zero-order valence-corrected chi connectivity index (χ0v) is 11.0. The quantitative estimate of drug-likeness (QED) is 0.662. The number of hydrogen-bond donors (Lipinski definition) is 1. The van der Waals surface area contributed by atoms with Crippen molar-refractivity contribution in [2.24, 2.45) is 0 Å². The first-order valence-electron chi connectivity index (χ1n) is 5.17. The fourth-order valence-electron chi connectivity index (χ4n) is 1.55. The van der Waals surface area contributed by atoms with Crippen LogP contribution in [0.15, 0.2) is 12.1 Å². The molecule has 18 heavy (non-hydrogen) atoms. The van der Waals surface area contributed by atoms with Crippen molar-refractivity contribution in [3.63, 3.8) is 0 Å². The van der Waals surface area contributed by atoms with Gasteiger partial charge in [-0.05, 0) is 19.9 Å². The smallest absolute Gasteiger partial charge is 0.295 e. The van der Waals surface area contributed by atoms with Gasteiger partial charge < -0.3 is 10.1 Å². The third-order valence-corrected chi connectivity index (χ3v) is 2.50. The van der Waals surface area contributed by atoms with E-state index in [0.29, 0.717) is 6.61 Å². The lowest BCUT2D eigenvalue weighted by molar-refractivity contribution is -0.384. The van der Waals surface area contributed by atoms with Gasteiger partial charge in [0, 0.05) is 7.11 Å². The Morgan fingerprint density at radius 3 is 2.67 bits per heavy atom. The molecule has 0 unspecified atom stereocenters. The molecule has 0 bridgehead atoms. The maximum atomic E-state index is 13.2. The Balaban J connectivity index is 3.15. The summed E-state index contributed by atoms with van der Waals surface area (Å²) in [7, 11) is 1.52. The number of nitrogens with zero attached hydrogens (tertiary/aromatic N) is 1. The maximum Gasteiger partial charge on any atom is 0.295 e. The average Bonchev–Trinajstić information content (AvgIpc) is 2.22. The van der Waals surface area contributed by atoms with Crippen LogP contribution in [0.25, 0.3) is 0 Å². The fraction of sp³-hybridized carbons (Fsp3) is 0.455. The second kappa shape index (κ2) is 5.49. The molecule has 0 aliphatic heterocycles. The topological polar surface area (TPSA) is 64.4 Å². The number of anilines is 1. The van der Waals surface area contributed by atoms with E-state index < -0.39 is 16.3 Å². The van der Waals surface area contributed by atoms with Gasteiger partial charge in [-0.3, -0.25) is 10.1 Å². The standard InChI is InChI=1S/C11H14ClFN2O3/c1-11(2,6-18-3)14-9-4-7(12)8(13)5-10(9)15(16)17/h4-5,14H,6H2,1-3H3. The van der Waals surface area contributed by atoms with E-state index in [0.717, 1.165) is 6.07 Å². The van der Waals surface area contributed by atoms with Crippen molar-refractivity contribution >= 4 is 23.0 Å². The van der Waals surface area contributed by atoms with Gasteiger partial charge in [0.25, 0.3) is 5.69 Å². The van der Waals surface area contributed by atoms with Crippen LogP contribution in [0.5, 0.6) is 0 Å². The average molecular weight is 277 g/mol. The molecule has 0 atom stereocenters. The van der Waals surface area contributed by atoms with Gasteiger partial charge in [0.05, 0.1) is 28.2 Å². The van der Waals surface area contributed by atoms with Gasteiger partial charge in [0.15, 0.2) is 0 Å². The summed E-state index contributed by atoms with van der Waals surface area (Å²) in [6.07, 6.45) is 0. The zero-order valence-electron chi connectivity index (χ0n) is 10.3. The predicted octanol–water partition coefficient (Wildman–Crippen LogP) is 3.22. The van der Waals surface area contributed by atoms with Crippen molar-refractivity contribution < 1.29 is 14.1 Å². The van der Waals surface area contributed by atoms with Gasteiger partial charge in [-0.25, -0.2) is 4.39 Å². The van der Waals surface area contributed by atoms with Crippen LogP contribution in [0.2, 0.25) is 5.02 Å². The third kappa shape index (κ3) is 3.54. The van der Waals surface area contributed by atoms with Crippen LogP contribution in [-0.2, 0) is 4.74 Å². The predicted molar refractivity (Wildman–Crippen MR) is 67.6 cm³/mol. The number of methoxy groups -OCH3 is 1. The molecule has 0 radical (unpaired) electrons. The van der Waals surface area contributed by atoms with E-state index in [2.05, 4.69) is 5.32 Å². The number of rotatable bonds is 5. The number of hydrogen-bond acceptors (Lipinski definition) is 4. The Morgan fingerprint density at radius 1 is 1.56 bits per heavy atom. The molecule has 1 aromatic carbocycles. The highest BCUT2D eigenvalue weighted by molar-refractivity contribution is 6.31. The number of nitro benzene ring substituents is 1. The maximum absolute atomic E-state index is 13.2. The number of nitro groups is 1. The van der Waals surface area contributed by atoms with Crippen molar-refractivity contribution in [1.82, 2.24) is 0 Å². The molecule has 0 amide bonds. The Bertz CT molecular complexity index is 466. The zero-order chi connectivity index (χ0) is 13.9. The number of halogens is 2. The fourth-order valence-corrected chi connectivity index (χ4v) is 1.71. The molecule has 0 saturated carbocycles. The second-order valence-electron chi connectivity index (χ2n) is 4.48. The van der Waals surface area contributed by atoms with Crippen LogP contribution in [0.3, 0.4) is 0 Å². The van der Waals surface area contributed by atoms with E-state index in [9.17, 15) is 14.5 Å². The molecular weight excluding hydrogens is 263 g/mol. The molecule has 0 aliphatic rings. The molecule has 1 rings (SSSR count). The molecule has 1 aromatic rings. The van der Waals surface area contributed by atoms with Gasteiger partial charge in [-0.2, -0.15) is 0 Å². The molecule has 1 N–H and O–H groups in total. The Hall–Kier alpha value is -1.40. The first-order chi connectivity index (χ1) is 8.26. The van der Waals surface area contributed by atoms with Gasteiger partial charge in [0.2, 0.25) is 0 Å². The summed E-state index contributed by atoms with van der Waals surface area (Å²) in [4.78, 5) is 10.2. The van der Waals surface area contributed by atoms with Crippen LogP contribution in [-0.4, -0.2) is 24.2 Å². The molecule has 0 aromatic heterocycles. The van der Waals surface area contributed by atoms with Crippen molar-refractivity contribution in [3.8, 4) is 0 Å². The summed E-state index contributed by atoms with van der Waals surface area (Å²) in [6, 6.07) is 2.00. The summed E-state index contributed by atoms with van der Waals surface area (Å²) in [5, 5.41) is 13.6. The molecule has 0 fully saturated rings. The minimum absolute atomic E-state index is 0.161. The molecule has 0 saturated heterocycles. The summed E-state index contributed by atoms with van der Waals surface area (Å²) >= 11 is 5.63. The van der Waals surface area contributed by atoms with E-state index in [1.54, 1.807) is 13.8 Å². The molecular formula is C11H14ClFN2O3. The summed E-state index contributed by atoms with van der Waals surface area (Å²) in [6.45, 7) is 3.94. The summed E-state index contributed by atoms with van der Waals surface area (Å²) < 4.78 is 18.2. The first-order valence-corrected chi connectivity index (χ1v) is 5.55. The Kier molecular flexibility index (Phi) is 4.48. The van der Waals surface area contributed by atoms with Crippen LogP contribution in [0, 0.1) is 15.9 Å². The first kappa shape index (κ1) is 14.7. The third-order valence-electron chi connectivity index (χ3n) is 2.21. The van der Waals surface area contributed by atoms with Crippen molar-refractivity contribution in [2.75, 3.05) is 19.0 Å². The molecule has 0 spiro atoms. The highest BCUT2D eigenvalue weighted by atomic mass is 35.5. The van der Waals surface area contributed by atoms with E-state index in [1.807, 2.05) is 0 Å². The van der Waals surface area contributed by atoms with E-state index >= 15 is 0 Å². The highest BCUT2D eigenvalue weighted by Crippen LogP contribution is 2.32. The van der Waals surface area contributed by atoms with Gasteiger partial charge in [0.1, 0.15) is 11.5 Å². The van der Waals surface area contributed by atoms with Crippen LogP contribution in [0.4, 0.5) is 15.8 Å².